The van der Waals surface area contributed by atoms with Crippen molar-refractivity contribution >= 4 is 22.9 Å². The lowest BCUT2D eigenvalue weighted by Gasteiger charge is -2.12. The molecule has 0 aromatic rings. The summed E-state index contributed by atoms with van der Waals surface area (Å²) in [5.74, 6) is 1.19. The Morgan fingerprint density at radius 2 is 2.44 bits per heavy atom. The van der Waals surface area contributed by atoms with E-state index < -0.39 is 0 Å². The molecule has 2 rings (SSSR count). The third kappa shape index (κ3) is 3.12. The standard InChI is InChI=1S/C10H17N3O2S/c14-9(8-6-16-10(15)13-8)12-4-2-7-1-3-11-5-7/h7-8,11H,1-6H2,(H,12,14)(H,13,15)/t7?,8-/m0/s1. The fraction of sp³-hybridized carbons (Fsp3) is 0.800. The first-order valence-corrected chi connectivity index (χ1v) is 6.66. The molecule has 0 aliphatic carbocycles. The van der Waals surface area contributed by atoms with Crippen LogP contribution in [0.2, 0.25) is 0 Å². The van der Waals surface area contributed by atoms with Gasteiger partial charge in [-0.3, -0.25) is 9.59 Å². The Morgan fingerprint density at radius 1 is 1.56 bits per heavy atom. The molecule has 0 aromatic carbocycles. The van der Waals surface area contributed by atoms with E-state index in [9.17, 15) is 9.59 Å². The number of hydrogen-bond acceptors (Lipinski definition) is 4. The Morgan fingerprint density at radius 3 is 3.06 bits per heavy atom. The average molecular weight is 243 g/mol. The third-order valence-electron chi connectivity index (χ3n) is 3.00. The maximum Gasteiger partial charge on any atom is 0.279 e. The van der Waals surface area contributed by atoms with Crippen LogP contribution in [0.1, 0.15) is 12.8 Å². The molecule has 2 aliphatic rings. The highest BCUT2D eigenvalue weighted by molar-refractivity contribution is 8.14. The fourth-order valence-corrected chi connectivity index (χ4v) is 2.79. The smallest absolute Gasteiger partial charge is 0.279 e. The first kappa shape index (κ1) is 11.7. The Balaban J connectivity index is 1.61. The summed E-state index contributed by atoms with van der Waals surface area (Å²) in [7, 11) is 0. The second-order valence-corrected chi connectivity index (χ2v) is 5.23. The van der Waals surface area contributed by atoms with Crippen molar-refractivity contribution in [3.05, 3.63) is 0 Å². The van der Waals surface area contributed by atoms with E-state index in [0.717, 1.165) is 19.5 Å². The zero-order valence-corrected chi connectivity index (χ0v) is 9.94. The van der Waals surface area contributed by atoms with Crippen molar-refractivity contribution in [3.8, 4) is 0 Å². The van der Waals surface area contributed by atoms with Crippen LogP contribution in [0.25, 0.3) is 0 Å². The van der Waals surface area contributed by atoms with Gasteiger partial charge in [-0.15, -0.1) is 0 Å². The fourth-order valence-electron chi connectivity index (χ4n) is 2.01. The molecule has 6 heteroatoms. The molecular weight excluding hydrogens is 226 g/mol. The zero-order valence-electron chi connectivity index (χ0n) is 9.12. The van der Waals surface area contributed by atoms with Crippen LogP contribution in [0.15, 0.2) is 0 Å². The van der Waals surface area contributed by atoms with Crippen molar-refractivity contribution in [2.75, 3.05) is 25.4 Å². The van der Waals surface area contributed by atoms with Crippen LogP contribution in [0.5, 0.6) is 0 Å². The van der Waals surface area contributed by atoms with Gasteiger partial charge in [0.25, 0.3) is 5.24 Å². The van der Waals surface area contributed by atoms with E-state index in [1.165, 1.54) is 18.2 Å². The van der Waals surface area contributed by atoms with E-state index in [1.807, 2.05) is 0 Å². The topological polar surface area (TPSA) is 70.2 Å². The second-order valence-electron chi connectivity index (χ2n) is 4.23. The molecule has 3 N–H and O–H groups in total. The number of nitrogens with one attached hydrogen (secondary N) is 3. The van der Waals surface area contributed by atoms with Crippen LogP contribution >= 0.6 is 11.8 Å². The van der Waals surface area contributed by atoms with E-state index in [2.05, 4.69) is 16.0 Å². The van der Waals surface area contributed by atoms with Crippen LogP contribution < -0.4 is 16.0 Å². The molecule has 0 spiro atoms. The molecular formula is C10H17N3O2S. The predicted molar refractivity (Wildman–Crippen MR) is 63.4 cm³/mol. The van der Waals surface area contributed by atoms with Gasteiger partial charge >= 0.3 is 0 Å². The first-order chi connectivity index (χ1) is 7.75. The quantitative estimate of drug-likeness (QED) is 0.646. The summed E-state index contributed by atoms with van der Waals surface area (Å²) in [4.78, 5) is 22.5. The lowest BCUT2D eigenvalue weighted by molar-refractivity contribution is -0.122. The predicted octanol–water partition coefficient (Wildman–Crippen LogP) is -0.0728. The van der Waals surface area contributed by atoms with Crippen LogP contribution in [0.3, 0.4) is 0 Å². The number of amides is 2. The van der Waals surface area contributed by atoms with Crippen molar-refractivity contribution in [2.24, 2.45) is 5.92 Å². The van der Waals surface area contributed by atoms with E-state index in [-0.39, 0.29) is 17.2 Å². The van der Waals surface area contributed by atoms with Crippen LogP contribution in [-0.2, 0) is 4.79 Å². The van der Waals surface area contributed by atoms with Crippen LogP contribution in [-0.4, -0.2) is 42.6 Å². The highest BCUT2D eigenvalue weighted by Crippen LogP contribution is 2.13. The van der Waals surface area contributed by atoms with Crippen molar-refractivity contribution in [2.45, 2.75) is 18.9 Å². The third-order valence-corrected chi connectivity index (χ3v) is 3.88. The summed E-state index contributed by atoms with van der Waals surface area (Å²) >= 11 is 1.17. The van der Waals surface area contributed by atoms with Gasteiger partial charge in [-0.05, 0) is 31.8 Å². The van der Waals surface area contributed by atoms with Gasteiger partial charge < -0.3 is 16.0 Å². The minimum atomic E-state index is -0.334. The first-order valence-electron chi connectivity index (χ1n) is 5.67. The molecule has 2 aliphatic heterocycles. The van der Waals surface area contributed by atoms with Gasteiger partial charge in [0, 0.05) is 12.3 Å². The molecule has 2 amide bonds. The van der Waals surface area contributed by atoms with E-state index >= 15 is 0 Å². The molecule has 16 heavy (non-hydrogen) atoms. The van der Waals surface area contributed by atoms with E-state index in [1.54, 1.807) is 0 Å². The molecule has 5 nitrogen and oxygen atoms in total. The largest absolute Gasteiger partial charge is 0.354 e. The summed E-state index contributed by atoms with van der Waals surface area (Å²) in [5, 5.41) is 8.71. The molecule has 0 aromatic heterocycles. The molecule has 0 bridgehead atoms. The maximum atomic E-state index is 11.6. The molecule has 90 valence electrons. The summed E-state index contributed by atoms with van der Waals surface area (Å²) in [6.07, 6.45) is 2.22. The lowest BCUT2D eigenvalue weighted by Crippen LogP contribution is -2.43. The number of carbonyl (C=O) groups excluding carboxylic acids is 2. The molecule has 2 atom stereocenters. The normalized spacial score (nSPS) is 29.1. The lowest BCUT2D eigenvalue weighted by atomic mass is 10.1. The molecule has 1 unspecified atom stereocenters. The van der Waals surface area contributed by atoms with Gasteiger partial charge in [0.05, 0.1) is 0 Å². The van der Waals surface area contributed by atoms with Crippen molar-refractivity contribution in [3.63, 3.8) is 0 Å². The molecule has 2 heterocycles. The summed E-state index contributed by atoms with van der Waals surface area (Å²) in [6, 6.07) is -0.334. The van der Waals surface area contributed by atoms with Crippen molar-refractivity contribution in [1.82, 2.24) is 16.0 Å². The average Bonchev–Trinajstić information content (AvgIpc) is 2.89. The highest BCUT2D eigenvalue weighted by Gasteiger charge is 2.27. The number of hydrogen-bond donors (Lipinski definition) is 3. The van der Waals surface area contributed by atoms with Gasteiger partial charge in [0.2, 0.25) is 5.91 Å². The van der Waals surface area contributed by atoms with Gasteiger partial charge in [-0.25, -0.2) is 0 Å². The van der Waals surface area contributed by atoms with E-state index in [0.29, 0.717) is 18.2 Å². The summed E-state index contributed by atoms with van der Waals surface area (Å²) in [5.41, 5.74) is 0. The maximum absolute atomic E-state index is 11.6. The van der Waals surface area contributed by atoms with Crippen molar-refractivity contribution < 1.29 is 9.59 Å². The number of thioether (sulfide) groups is 1. The Labute approximate surface area is 99.1 Å². The monoisotopic (exact) mass is 243 g/mol. The second kappa shape index (κ2) is 5.54. The van der Waals surface area contributed by atoms with Gasteiger partial charge in [-0.2, -0.15) is 0 Å². The minimum absolute atomic E-state index is 0.0516. The molecule has 2 fully saturated rings. The summed E-state index contributed by atoms with van der Waals surface area (Å²) in [6.45, 7) is 2.86. The highest BCUT2D eigenvalue weighted by atomic mass is 32.2. The Hall–Kier alpha value is -0.750. The molecule has 0 saturated carbocycles. The molecule has 2 saturated heterocycles. The summed E-state index contributed by atoms with van der Waals surface area (Å²) < 4.78 is 0. The van der Waals surface area contributed by atoms with Gasteiger partial charge in [0.1, 0.15) is 6.04 Å². The van der Waals surface area contributed by atoms with Gasteiger partial charge in [-0.1, -0.05) is 11.8 Å². The SMILES string of the molecule is O=C1N[C@H](C(=O)NCCC2CCNC2)CS1. The van der Waals surface area contributed by atoms with E-state index in [4.69, 9.17) is 0 Å². The zero-order chi connectivity index (χ0) is 11.4. The van der Waals surface area contributed by atoms with Crippen LogP contribution in [0, 0.1) is 5.92 Å². The Bertz CT molecular complexity index is 279. The molecule has 0 radical (unpaired) electrons. The van der Waals surface area contributed by atoms with Crippen molar-refractivity contribution in [1.29, 1.82) is 0 Å². The number of rotatable bonds is 4. The number of carbonyl (C=O) groups is 2. The Kier molecular flexibility index (Phi) is 4.06. The van der Waals surface area contributed by atoms with Gasteiger partial charge in [0.15, 0.2) is 0 Å². The van der Waals surface area contributed by atoms with Crippen LogP contribution in [0.4, 0.5) is 4.79 Å². The minimum Gasteiger partial charge on any atom is -0.354 e.